The SMILES string of the molecule is O=C(CBr)C1(CCl)CCCCC1. The van der Waals surface area contributed by atoms with Crippen molar-refractivity contribution in [3.63, 3.8) is 0 Å². The molecule has 0 aromatic carbocycles. The molecule has 1 aliphatic carbocycles. The van der Waals surface area contributed by atoms with Gasteiger partial charge in [-0.05, 0) is 12.8 Å². The van der Waals surface area contributed by atoms with Gasteiger partial charge < -0.3 is 0 Å². The van der Waals surface area contributed by atoms with Crippen molar-refractivity contribution >= 4 is 33.3 Å². The summed E-state index contributed by atoms with van der Waals surface area (Å²) in [5.74, 6) is 0.787. The van der Waals surface area contributed by atoms with E-state index < -0.39 is 0 Å². The number of ketones is 1. The summed E-state index contributed by atoms with van der Waals surface area (Å²) >= 11 is 9.09. The molecule has 0 aromatic heterocycles. The van der Waals surface area contributed by atoms with Gasteiger partial charge in [0, 0.05) is 11.3 Å². The van der Waals surface area contributed by atoms with Crippen molar-refractivity contribution in [1.82, 2.24) is 0 Å². The number of halogens is 2. The maximum Gasteiger partial charge on any atom is 0.150 e. The number of alkyl halides is 2. The number of Topliss-reactive ketones (excluding diaryl/α,β-unsaturated/α-hetero) is 1. The van der Waals surface area contributed by atoms with Gasteiger partial charge in [-0.3, -0.25) is 4.79 Å². The van der Waals surface area contributed by atoms with E-state index in [9.17, 15) is 4.79 Å². The number of hydrogen-bond acceptors (Lipinski definition) is 1. The molecule has 0 unspecified atom stereocenters. The molecule has 0 bridgehead atoms. The lowest BCUT2D eigenvalue weighted by molar-refractivity contribution is -0.126. The van der Waals surface area contributed by atoms with Gasteiger partial charge in [-0.25, -0.2) is 0 Å². The maximum absolute atomic E-state index is 11.6. The third-order valence-electron chi connectivity index (χ3n) is 2.78. The van der Waals surface area contributed by atoms with E-state index in [2.05, 4.69) is 15.9 Å². The van der Waals surface area contributed by atoms with Gasteiger partial charge in [-0.15, -0.1) is 11.6 Å². The summed E-state index contributed by atoms with van der Waals surface area (Å²) in [6, 6.07) is 0. The van der Waals surface area contributed by atoms with Crippen molar-refractivity contribution < 1.29 is 4.79 Å². The van der Waals surface area contributed by atoms with Crippen LogP contribution < -0.4 is 0 Å². The molecule has 70 valence electrons. The molecule has 0 saturated heterocycles. The Morgan fingerprint density at radius 3 is 2.33 bits per heavy atom. The Labute approximate surface area is 87.0 Å². The second kappa shape index (κ2) is 4.61. The van der Waals surface area contributed by atoms with Gasteiger partial charge in [-0.2, -0.15) is 0 Å². The molecule has 0 aliphatic heterocycles. The van der Waals surface area contributed by atoms with Crippen LogP contribution in [0.4, 0.5) is 0 Å². The van der Waals surface area contributed by atoms with Gasteiger partial charge in [0.25, 0.3) is 0 Å². The molecule has 0 atom stereocenters. The van der Waals surface area contributed by atoms with Gasteiger partial charge in [0.15, 0.2) is 5.78 Å². The molecule has 3 heteroatoms. The van der Waals surface area contributed by atoms with Crippen LogP contribution in [0.1, 0.15) is 32.1 Å². The summed E-state index contributed by atoms with van der Waals surface area (Å²) in [5.41, 5.74) is -0.191. The van der Waals surface area contributed by atoms with Crippen LogP contribution in [0.3, 0.4) is 0 Å². The molecule has 0 aromatic rings. The number of hydrogen-bond donors (Lipinski definition) is 0. The fourth-order valence-corrected chi connectivity index (χ4v) is 2.87. The predicted molar refractivity (Wildman–Crippen MR) is 55.0 cm³/mol. The van der Waals surface area contributed by atoms with Crippen LogP contribution in [0.2, 0.25) is 0 Å². The highest BCUT2D eigenvalue weighted by molar-refractivity contribution is 9.09. The average Bonchev–Trinajstić information content (AvgIpc) is 2.17. The molecule has 0 heterocycles. The van der Waals surface area contributed by atoms with Crippen molar-refractivity contribution in [2.24, 2.45) is 5.41 Å². The first-order chi connectivity index (χ1) is 5.75. The molecule has 0 N–H and O–H groups in total. The van der Waals surface area contributed by atoms with Gasteiger partial charge in [0.1, 0.15) is 0 Å². The van der Waals surface area contributed by atoms with Crippen LogP contribution in [0.25, 0.3) is 0 Å². The van der Waals surface area contributed by atoms with Crippen LogP contribution in [-0.4, -0.2) is 17.0 Å². The molecule has 0 radical (unpaired) electrons. The largest absolute Gasteiger partial charge is 0.298 e. The van der Waals surface area contributed by atoms with Crippen molar-refractivity contribution in [3.05, 3.63) is 0 Å². The molecule has 0 amide bonds. The number of carbonyl (C=O) groups excluding carboxylic acids is 1. The Hall–Kier alpha value is 0.440. The Bertz CT molecular complexity index is 164. The summed E-state index contributed by atoms with van der Waals surface area (Å²) in [7, 11) is 0. The first kappa shape index (κ1) is 10.5. The molecule has 12 heavy (non-hydrogen) atoms. The second-order valence-corrected chi connectivity index (χ2v) is 4.36. The van der Waals surface area contributed by atoms with Gasteiger partial charge in [0.05, 0.1) is 5.33 Å². The van der Waals surface area contributed by atoms with E-state index in [1.807, 2.05) is 0 Å². The van der Waals surface area contributed by atoms with E-state index >= 15 is 0 Å². The van der Waals surface area contributed by atoms with E-state index in [-0.39, 0.29) is 11.2 Å². The zero-order valence-corrected chi connectivity index (χ0v) is 9.46. The highest BCUT2D eigenvalue weighted by Crippen LogP contribution is 2.38. The van der Waals surface area contributed by atoms with Gasteiger partial charge >= 0.3 is 0 Å². The van der Waals surface area contributed by atoms with Crippen molar-refractivity contribution in [3.8, 4) is 0 Å². The Morgan fingerprint density at radius 2 is 1.92 bits per heavy atom. The lowest BCUT2D eigenvalue weighted by Gasteiger charge is -2.33. The zero-order valence-electron chi connectivity index (χ0n) is 7.11. The summed E-state index contributed by atoms with van der Waals surface area (Å²) < 4.78 is 0. The fraction of sp³-hybridized carbons (Fsp3) is 0.889. The van der Waals surface area contributed by atoms with Crippen LogP contribution in [0.5, 0.6) is 0 Å². The van der Waals surface area contributed by atoms with E-state index in [4.69, 9.17) is 11.6 Å². The fourth-order valence-electron chi connectivity index (χ4n) is 1.86. The average molecular weight is 254 g/mol. The molecule has 1 fully saturated rings. The van der Waals surface area contributed by atoms with Gasteiger partial charge in [-0.1, -0.05) is 35.2 Å². The van der Waals surface area contributed by atoms with Gasteiger partial charge in [0.2, 0.25) is 0 Å². The third kappa shape index (κ3) is 2.02. The lowest BCUT2D eigenvalue weighted by atomic mass is 9.73. The van der Waals surface area contributed by atoms with Crippen LogP contribution >= 0.6 is 27.5 Å². The first-order valence-electron chi connectivity index (χ1n) is 4.40. The van der Waals surface area contributed by atoms with Crippen LogP contribution in [-0.2, 0) is 4.79 Å². The zero-order chi connectivity index (χ0) is 9.03. The smallest absolute Gasteiger partial charge is 0.150 e. The normalized spacial score (nSPS) is 22.2. The first-order valence-corrected chi connectivity index (χ1v) is 6.06. The third-order valence-corrected chi connectivity index (χ3v) is 3.80. The minimum atomic E-state index is -0.191. The number of carbonyl (C=O) groups is 1. The maximum atomic E-state index is 11.6. The minimum absolute atomic E-state index is 0.191. The van der Waals surface area contributed by atoms with Crippen LogP contribution in [0.15, 0.2) is 0 Å². The van der Waals surface area contributed by atoms with E-state index in [0.29, 0.717) is 11.2 Å². The molecule has 1 aliphatic rings. The number of rotatable bonds is 3. The Morgan fingerprint density at radius 1 is 1.33 bits per heavy atom. The quantitative estimate of drug-likeness (QED) is 0.706. The monoisotopic (exact) mass is 252 g/mol. The molecule has 1 saturated carbocycles. The molecular weight excluding hydrogens is 239 g/mol. The molecular formula is C9H14BrClO. The summed E-state index contributed by atoms with van der Waals surface area (Å²) in [6.45, 7) is 0. The van der Waals surface area contributed by atoms with Crippen LogP contribution in [0, 0.1) is 5.41 Å². The Balaban J connectivity index is 2.66. The standard InChI is InChI=1S/C9H14BrClO/c10-6-8(12)9(7-11)4-2-1-3-5-9/h1-7H2. The highest BCUT2D eigenvalue weighted by Gasteiger charge is 2.37. The highest BCUT2D eigenvalue weighted by atomic mass is 79.9. The van der Waals surface area contributed by atoms with Crippen molar-refractivity contribution in [2.45, 2.75) is 32.1 Å². The lowest BCUT2D eigenvalue weighted by Crippen LogP contribution is -2.36. The second-order valence-electron chi connectivity index (χ2n) is 3.53. The summed E-state index contributed by atoms with van der Waals surface area (Å²) in [6.07, 6.45) is 5.55. The molecule has 1 nitrogen and oxygen atoms in total. The van der Waals surface area contributed by atoms with E-state index in [0.717, 1.165) is 25.7 Å². The Kier molecular flexibility index (Phi) is 4.04. The predicted octanol–water partition coefficient (Wildman–Crippen LogP) is 3.14. The molecule has 0 spiro atoms. The van der Waals surface area contributed by atoms with E-state index in [1.54, 1.807) is 0 Å². The van der Waals surface area contributed by atoms with Crippen molar-refractivity contribution in [2.75, 3.05) is 11.2 Å². The minimum Gasteiger partial charge on any atom is -0.298 e. The molecule has 1 rings (SSSR count). The van der Waals surface area contributed by atoms with Crippen molar-refractivity contribution in [1.29, 1.82) is 0 Å². The summed E-state index contributed by atoms with van der Waals surface area (Å²) in [5, 5.41) is 0.458. The summed E-state index contributed by atoms with van der Waals surface area (Å²) in [4.78, 5) is 11.6. The van der Waals surface area contributed by atoms with E-state index in [1.165, 1.54) is 6.42 Å². The topological polar surface area (TPSA) is 17.1 Å².